The molecule has 0 radical (unpaired) electrons. The van der Waals surface area contributed by atoms with Crippen molar-refractivity contribution in [2.24, 2.45) is 0 Å². The van der Waals surface area contributed by atoms with Gasteiger partial charge in [0.2, 0.25) is 0 Å². The molecule has 0 aliphatic carbocycles. The van der Waals surface area contributed by atoms with E-state index in [1.54, 1.807) is 6.07 Å². The zero-order valence-corrected chi connectivity index (χ0v) is 13.4. The number of nitrogens with one attached hydrogen (secondary N) is 1. The summed E-state index contributed by atoms with van der Waals surface area (Å²) in [6.07, 6.45) is 2.90. The SMILES string of the molecule is CCC(C)NCCn1ncc(N2CCN(C)CC2)cc1=O. The quantitative estimate of drug-likeness (QED) is 0.822. The molecule has 1 atom stereocenters. The van der Waals surface area contributed by atoms with Crippen molar-refractivity contribution in [1.29, 1.82) is 0 Å². The summed E-state index contributed by atoms with van der Waals surface area (Å²) in [6.45, 7) is 9.65. The van der Waals surface area contributed by atoms with Gasteiger partial charge in [-0.1, -0.05) is 6.92 Å². The monoisotopic (exact) mass is 293 g/mol. The average Bonchev–Trinajstić information content (AvgIpc) is 2.49. The predicted molar refractivity (Wildman–Crippen MR) is 86.0 cm³/mol. The van der Waals surface area contributed by atoms with Crippen molar-refractivity contribution in [1.82, 2.24) is 20.0 Å². The molecule has 1 fully saturated rings. The van der Waals surface area contributed by atoms with E-state index in [-0.39, 0.29) is 5.56 Å². The summed E-state index contributed by atoms with van der Waals surface area (Å²) in [6, 6.07) is 2.19. The van der Waals surface area contributed by atoms with Crippen LogP contribution in [0.5, 0.6) is 0 Å². The summed E-state index contributed by atoms with van der Waals surface area (Å²) in [5, 5.41) is 7.68. The molecule has 0 spiro atoms. The van der Waals surface area contributed by atoms with Crippen molar-refractivity contribution in [2.75, 3.05) is 44.7 Å². The Morgan fingerprint density at radius 2 is 2.05 bits per heavy atom. The first-order chi connectivity index (χ1) is 10.1. The maximum atomic E-state index is 12.1. The second-order valence-corrected chi connectivity index (χ2v) is 5.83. The zero-order valence-electron chi connectivity index (χ0n) is 13.4. The minimum atomic E-state index is -0.0163. The van der Waals surface area contributed by atoms with Crippen molar-refractivity contribution in [2.45, 2.75) is 32.9 Å². The number of likely N-dealkylation sites (N-methyl/N-ethyl adjacent to an activating group) is 1. The summed E-state index contributed by atoms with van der Waals surface area (Å²) in [5.74, 6) is 0. The zero-order chi connectivity index (χ0) is 15.2. The Hall–Kier alpha value is -1.40. The maximum Gasteiger partial charge on any atom is 0.268 e. The van der Waals surface area contributed by atoms with Crippen LogP contribution in [-0.2, 0) is 6.54 Å². The number of nitrogens with zero attached hydrogens (tertiary/aromatic N) is 4. The van der Waals surface area contributed by atoms with Gasteiger partial charge in [0.1, 0.15) is 0 Å². The molecule has 0 bridgehead atoms. The van der Waals surface area contributed by atoms with E-state index < -0.39 is 0 Å². The summed E-state index contributed by atoms with van der Waals surface area (Å²) >= 11 is 0. The number of anilines is 1. The van der Waals surface area contributed by atoms with Crippen LogP contribution in [0.4, 0.5) is 5.69 Å². The van der Waals surface area contributed by atoms with Gasteiger partial charge in [-0.15, -0.1) is 0 Å². The minimum absolute atomic E-state index is 0.0163. The Labute approximate surface area is 126 Å². The lowest BCUT2D eigenvalue weighted by molar-refractivity contribution is 0.312. The highest BCUT2D eigenvalue weighted by atomic mass is 16.1. The summed E-state index contributed by atoms with van der Waals surface area (Å²) in [5.41, 5.74) is 0.927. The number of hydrogen-bond donors (Lipinski definition) is 1. The molecule has 1 aromatic heterocycles. The van der Waals surface area contributed by atoms with Gasteiger partial charge in [-0.2, -0.15) is 5.10 Å². The average molecular weight is 293 g/mol. The van der Waals surface area contributed by atoms with Gasteiger partial charge in [-0.05, 0) is 20.4 Å². The first kappa shape index (κ1) is 16.0. The molecule has 118 valence electrons. The molecule has 0 amide bonds. The van der Waals surface area contributed by atoms with E-state index in [9.17, 15) is 4.79 Å². The molecule has 0 aromatic carbocycles. The molecule has 0 saturated carbocycles. The molecule has 1 saturated heterocycles. The molecule has 1 N–H and O–H groups in total. The molecule has 1 unspecified atom stereocenters. The van der Waals surface area contributed by atoms with E-state index in [1.165, 1.54) is 4.68 Å². The van der Waals surface area contributed by atoms with Crippen LogP contribution < -0.4 is 15.8 Å². The van der Waals surface area contributed by atoms with Gasteiger partial charge in [-0.25, -0.2) is 4.68 Å². The van der Waals surface area contributed by atoms with Crippen molar-refractivity contribution in [3.63, 3.8) is 0 Å². The van der Waals surface area contributed by atoms with E-state index in [0.29, 0.717) is 12.6 Å². The standard InChI is InChI=1S/C15H27N5O/c1-4-13(2)16-5-6-20-15(21)11-14(12-17-20)19-9-7-18(3)8-10-19/h11-13,16H,4-10H2,1-3H3. The highest BCUT2D eigenvalue weighted by Crippen LogP contribution is 2.11. The Kier molecular flexibility index (Phi) is 5.76. The third-order valence-electron chi connectivity index (χ3n) is 4.15. The minimum Gasteiger partial charge on any atom is -0.368 e. The van der Waals surface area contributed by atoms with E-state index >= 15 is 0 Å². The Bertz CT molecular complexity index is 493. The number of aromatic nitrogens is 2. The second-order valence-electron chi connectivity index (χ2n) is 5.83. The van der Waals surface area contributed by atoms with E-state index in [4.69, 9.17) is 0 Å². The molecule has 1 aliphatic heterocycles. The van der Waals surface area contributed by atoms with Crippen molar-refractivity contribution in [3.8, 4) is 0 Å². The van der Waals surface area contributed by atoms with E-state index in [1.807, 2.05) is 6.20 Å². The fraction of sp³-hybridized carbons (Fsp3) is 0.733. The molecule has 1 aliphatic rings. The molecule has 1 aromatic rings. The topological polar surface area (TPSA) is 53.4 Å². The lowest BCUT2D eigenvalue weighted by atomic mass is 10.2. The molecule has 21 heavy (non-hydrogen) atoms. The van der Waals surface area contributed by atoms with Crippen LogP contribution in [0.3, 0.4) is 0 Å². The lowest BCUT2D eigenvalue weighted by Gasteiger charge is -2.33. The predicted octanol–water partition coefficient (Wildman–Crippen LogP) is 0.383. The van der Waals surface area contributed by atoms with Gasteiger partial charge in [0.15, 0.2) is 0 Å². The summed E-state index contributed by atoms with van der Waals surface area (Å²) in [7, 11) is 2.12. The lowest BCUT2D eigenvalue weighted by Crippen LogP contribution is -2.45. The van der Waals surface area contributed by atoms with Crippen LogP contribution in [0.2, 0.25) is 0 Å². The van der Waals surface area contributed by atoms with Crippen LogP contribution in [0.1, 0.15) is 20.3 Å². The highest BCUT2D eigenvalue weighted by molar-refractivity contribution is 5.43. The molecule has 6 heteroatoms. The van der Waals surface area contributed by atoms with Crippen LogP contribution in [-0.4, -0.2) is 60.5 Å². The Balaban J connectivity index is 1.93. The van der Waals surface area contributed by atoms with Gasteiger partial charge >= 0.3 is 0 Å². The summed E-state index contributed by atoms with van der Waals surface area (Å²) < 4.78 is 1.54. The normalized spacial score (nSPS) is 18.0. The van der Waals surface area contributed by atoms with Crippen LogP contribution in [0, 0.1) is 0 Å². The Morgan fingerprint density at radius 1 is 1.33 bits per heavy atom. The first-order valence-corrected chi connectivity index (χ1v) is 7.84. The molecule has 6 nitrogen and oxygen atoms in total. The smallest absolute Gasteiger partial charge is 0.268 e. The van der Waals surface area contributed by atoms with Crippen molar-refractivity contribution >= 4 is 5.69 Å². The third kappa shape index (κ3) is 4.54. The van der Waals surface area contributed by atoms with Gasteiger partial charge in [0.05, 0.1) is 18.4 Å². The van der Waals surface area contributed by atoms with Crippen molar-refractivity contribution in [3.05, 3.63) is 22.6 Å². The van der Waals surface area contributed by atoms with Crippen LogP contribution >= 0.6 is 0 Å². The maximum absolute atomic E-state index is 12.1. The number of rotatable bonds is 6. The summed E-state index contributed by atoms with van der Waals surface area (Å²) in [4.78, 5) is 16.7. The van der Waals surface area contributed by atoms with Crippen LogP contribution in [0.15, 0.2) is 17.1 Å². The molecule has 2 heterocycles. The van der Waals surface area contributed by atoms with E-state index in [2.05, 4.69) is 41.1 Å². The number of piperazine rings is 1. The first-order valence-electron chi connectivity index (χ1n) is 7.84. The van der Waals surface area contributed by atoms with Gasteiger partial charge < -0.3 is 15.1 Å². The van der Waals surface area contributed by atoms with Crippen molar-refractivity contribution < 1.29 is 0 Å². The largest absolute Gasteiger partial charge is 0.368 e. The highest BCUT2D eigenvalue weighted by Gasteiger charge is 2.15. The second kappa shape index (κ2) is 7.56. The van der Waals surface area contributed by atoms with Crippen LogP contribution in [0.25, 0.3) is 0 Å². The molecular weight excluding hydrogens is 266 g/mol. The van der Waals surface area contributed by atoms with E-state index in [0.717, 1.165) is 44.8 Å². The van der Waals surface area contributed by atoms with Gasteiger partial charge in [-0.3, -0.25) is 4.79 Å². The molecule has 2 rings (SSSR count). The van der Waals surface area contributed by atoms with Gasteiger partial charge in [0, 0.05) is 44.8 Å². The fourth-order valence-corrected chi connectivity index (χ4v) is 2.39. The van der Waals surface area contributed by atoms with Gasteiger partial charge in [0.25, 0.3) is 5.56 Å². The Morgan fingerprint density at radius 3 is 2.67 bits per heavy atom. The fourth-order valence-electron chi connectivity index (χ4n) is 2.39. The third-order valence-corrected chi connectivity index (χ3v) is 4.15. The number of hydrogen-bond acceptors (Lipinski definition) is 5. The molecular formula is C15H27N5O.